The van der Waals surface area contributed by atoms with Crippen molar-refractivity contribution < 1.29 is 14.6 Å². The van der Waals surface area contributed by atoms with E-state index in [1.54, 1.807) is 0 Å². The molecule has 3 nitrogen and oxygen atoms in total. The van der Waals surface area contributed by atoms with Crippen molar-refractivity contribution in [3.05, 3.63) is 12.7 Å². The molecule has 0 amide bonds. The van der Waals surface area contributed by atoms with Gasteiger partial charge in [-0.1, -0.05) is 6.08 Å². The zero-order valence-corrected chi connectivity index (χ0v) is 7.45. The predicted octanol–water partition coefficient (Wildman–Crippen LogP) is 1.27. The number of rotatable bonds is 6. The Morgan fingerprint density at radius 2 is 2.33 bits per heavy atom. The average Bonchev–Trinajstić information content (AvgIpc) is 2.10. The minimum Gasteiger partial charge on any atom is -0.467 e. The molecule has 0 saturated carbocycles. The molecule has 1 unspecified atom stereocenters. The lowest BCUT2D eigenvalue weighted by atomic mass is 10.1. The molecule has 0 saturated heterocycles. The average molecular weight is 172 g/mol. The molecule has 0 aromatic heterocycles. The van der Waals surface area contributed by atoms with Crippen LogP contribution in [0, 0.1) is 0 Å². The van der Waals surface area contributed by atoms with E-state index in [1.807, 2.05) is 6.08 Å². The fraction of sp³-hybridized carbons (Fsp3) is 0.667. The lowest BCUT2D eigenvalue weighted by Crippen LogP contribution is -2.21. The third-order valence-corrected chi connectivity index (χ3v) is 1.61. The van der Waals surface area contributed by atoms with Crippen LogP contribution in [0.1, 0.15) is 25.7 Å². The molecule has 70 valence electrons. The van der Waals surface area contributed by atoms with Crippen molar-refractivity contribution in [1.29, 1.82) is 0 Å². The predicted molar refractivity (Wildman–Crippen MR) is 46.7 cm³/mol. The number of aliphatic hydroxyl groups excluding tert-OH is 1. The Labute approximate surface area is 73.0 Å². The van der Waals surface area contributed by atoms with E-state index < -0.39 is 12.1 Å². The van der Waals surface area contributed by atoms with Gasteiger partial charge in [0.1, 0.15) is 0 Å². The lowest BCUT2D eigenvalue weighted by Gasteiger charge is -2.06. The minimum absolute atomic E-state index is 0.473. The molecule has 0 bridgehead atoms. The van der Waals surface area contributed by atoms with Crippen LogP contribution in [0.2, 0.25) is 0 Å². The highest BCUT2D eigenvalue weighted by atomic mass is 16.5. The van der Waals surface area contributed by atoms with E-state index in [0.717, 1.165) is 19.3 Å². The molecular formula is C9H16O3. The summed E-state index contributed by atoms with van der Waals surface area (Å²) in [4.78, 5) is 10.7. The van der Waals surface area contributed by atoms with Gasteiger partial charge >= 0.3 is 5.97 Å². The van der Waals surface area contributed by atoms with Crippen LogP contribution >= 0.6 is 0 Å². The van der Waals surface area contributed by atoms with Crippen LogP contribution in [0.4, 0.5) is 0 Å². The maximum atomic E-state index is 10.7. The second kappa shape index (κ2) is 6.85. The number of ether oxygens (including phenoxy) is 1. The Balaban J connectivity index is 3.36. The lowest BCUT2D eigenvalue weighted by molar-refractivity contribution is -0.150. The minimum atomic E-state index is -0.959. The molecule has 0 aromatic carbocycles. The summed E-state index contributed by atoms with van der Waals surface area (Å²) < 4.78 is 4.36. The zero-order valence-electron chi connectivity index (χ0n) is 7.45. The molecule has 0 spiro atoms. The molecule has 0 heterocycles. The first-order valence-electron chi connectivity index (χ1n) is 4.09. The summed E-state index contributed by atoms with van der Waals surface area (Å²) in [6.07, 6.45) is 4.04. The van der Waals surface area contributed by atoms with Gasteiger partial charge in [0.05, 0.1) is 7.11 Å². The van der Waals surface area contributed by atoms with Gasteiger partial charge in [-0.15, -0.1) is 6.58 Å². The second-order valence-electron chi connectivity index (χ2n) is 2.61. The molecule has 3 heteroatoms. The molecule has 0 aliphatic rings. The SMILES string of the molecule is C=CCCCCC(O)C(=O)OC. The number of aliphatic hydroxyl groups is 1. The van der Waals surface area contributed by atoms with Gasteiger partial charge in [0.2, 0.25) is 0 Å². The quantitative estimate of drug-likeness (QED) is 0.373. The van der Waals surface area contributed by atoms with Gasteiger partial charge in [-0.2, -0.15) is 0 Å². The summed E-state index contributed by atoms with van der Waals surface area (Å²) in [7, 11) is 1.27. The van der Waals surface area contributed by atoms with Crippen molar-refractivity contribution in [3.63, 3.8) is 0 Å². The Morgan fingerprint density at radius 3 is 2.83 bits per heavy atom. The van der Waals surface area contributed by atoms with Crippen molar-refractivity contribution in [3.8, 4) is 0 Å². The molecule has 1 atom stereocenters. The topological polar surface area (TPSA) is 46.5 Å². The highest BCUT2D eigenvalue weighted by Gasteiger charge is 2.13. The third-order valence-electron chi connectivity index (χ3n) is 1.61. The highest BCUT2D eigenvalue weighted by Crippen LogP contribution is 2.04. The van der Waals surface area contributed by atoms with Gasteiger partial charge in [0.15, 0.2) is 6.10 Å². The smallest absolute Gasteiger partial charge is 0.334 e. The Bertz CT molecular complexity index is 143. The van der Waals surface area contributed by atoms with Crippen LogP contribution in [0.25, 0.3) is 0 Å². The third kappa shape index (κ3) is 4.91. The first-order chi connectivity index (χ1) is 5.72. The maximum Gasteiger partial charge on any atom is 0.334 e. The summed E-state index contributed by atoms with van der Waals surface area (Å²) in [6, 6.07) is 0. The molecule has 0 rings (SSSR count). The second-order valence-corrected chi connectivity index (χ2v) is 2.61. The molecule has 0 fully saturated rings. The molecule has 1 N–H and O–H groups in total. The number of unbranched alkanes of at least 4 members (excludes halogenated alkanes) is 2. The maximum absolute atomic E-state index is 10.7. The number of hydrogen-bond donors (Lipinski definition) is 1. The van der Waals surface area contributed by atoms with Crippen LogP contribution in [-0.2, 0) is 9.53 Å². The van der Waals surface area contributed by atoms with Gasteiger partial charge in [-0.25, -0.2) is 4.79 Å². The molecule has 0 aromatic rings. The summed E-state index contributed by atoms with van der Waals surface area (Å²) in [5, 5.41) is 9.12. The van der Waals surface area contributed by atoms with Crippen LogP contribution in [0.15, 0.2) is 12.7 Å². The van der Waals surface area contributed by atoms with E-state index in [-0.39, 0.29) is 0 Å². The van der Waals surface area contributed by atoms with Crippen molar-refractivity contribution in [2.75, 3.05) is 7.11 Å². The molecule has 0 radical (unpaired) electrons. The van der Waals surface area contributed by atoms with Gasteiger partial charge in [-0.3, -0.25) is 0 Å². The number of allylic oxidation sites excluding steroid dienone is 1. The van der Waals surface area contributed by atoms with Crippen LogP contribution < -0.4 is 0 Å². The Hall–Kier alpha value is -0.830. The molecule has 0 aliphatic carbocycles. The fourth-order valence-corrected chi connectivity index (χ4v) is 0.880. The summed E-state index contributed by atoms with van der Waals surface area (Å²) in [6.45, 7) is 3.57. The van der Waals surface area contributed by atoms with E-state index in [1.165, 1.54) is 7.11 Å². The van der Waals surface area contributed by atoms with Gasteiger partial charge in [-0.05, 0) is 25.7 Å². The summed E-state index contributed by atoms with van der Waals surface area (Å²) in [5.41, 5.74) is 0. The largest absolute Gasteiger partial charge is 0.467 e. The molecular weight excluding hydrogens is 156 g/mol. The number of carbonyl (C=O) groups excluding carboxylic acids is 1. The number of carbonyl (C=O) groups is 1. The normalized spacial score (nSPS) is 12.2. The zero-order chi connectivity index (χ0) is 9.40. The molecule has 0 aliphatic heterocycles. The van der Waals surface area contributed by atoms with E-state index in [0.29, 0.717) is 6.42 Å². The van der Waals surface area contributed by atoms with Gasteiger partial charge in [0.25, 0.3) is 0 Å². The molecule has 12 heavy (non-hydrogen) atoms. The van der Waals surface area contributed by atoms with Crippen LogP contribution in [-0.4, -0.2) is 24.3 Å². The monoisotopic (exact) mass is 172 g/mol. The van der Waals surface area contributed by atoms with Crippen LogP contribution in [0.3, 0.4) is 0 Å². The Kier molecular flexibility index (Phi) is 6.38. The first kappa shape index (κ1) is 11.2. The number of methoxy groups -OCH3 is 1. The van der Waals surface area contributed by atoms with Crippen LogP contribution in [0.5, 0.6) is 0 Å². The fourth-order valence-electron chi connectivity index (χ4n) is 0.880. The van der Waals surface area contributed by atoms with E-state index in [4.69, 9.17) is 5.11 Å². The van der Waals surface area contributed by atoms with Gasteiger partial charge < -0.3 is 9.84 Å². The number of esters is 1. The van der Waals surface area contributed by atoms with E-state index >= 15 is 0 Å². The standard InChI is InChI=1S/C9H16O3/c1-3-4-5-6-7-8(10)9(11)12-2/h3,8,10H,1,4-7H2,2H3. The first-order valence-corrected chi connectivity index (χ1v) is 4.09. The van der Waals surface area contributed by atoms with Crippen molar-refractivity contribution in [1.82, 2.24) is 0 Å². The van der Waals surface area contributed by atoms with E-state index in [9.17, 15) is 4.79 Å². The highest BCUT2D eigenvalue weighted by molar-refractivity contribution is 5.74. The van der Waals surface area contributed by atoms with E-state index in [2.05, 4.69) is 11.3 Å². The van der Waals surface area contributed by atoms with Crippen molar-refractivity contribution in [2.45, 2.75) is 31.8 Å². The van der Waals surface area contributed by atoms with Gasteiger partial charge in [0, 0.05) is 0 Å². The Morgan fingerprint density at radius 1 is 1.67 bits per heavy atom. The summed E-state index contributed by atoms with van der Waals surface area (Å²) in [5.74, 6) is -0.548. The van der Waals surface area contributed by atoms with Crippen molar-refractivity contribution >= 4 is 5.97 Å². The van der Waals surface area contributed by atoms with Crippen molar-refractivity contribution in [2.24, 2.45) is 0 Å². The number of hydrogen-bond acceptors (Lipinski definition) is 3. The summed E-state index contributed by atoms with van der Waals surface area (Å²) >= 11 is 0.